The first-order valence-electron chi connectivity index (χ1n) is 18.2. The molecule has 5 heterocycles. The number of piperidine rings is 1. The molecule has 2 bridgehead atoms. The number of hydrogen-bond donors (Lipinski definition) is 1. The molecule has 4 aromatic rings. The molecule has 1 saturated heterocycles. The van der Waals surface area contributed by atoms with E-state index >= 15 is 0 Å². The van der Waals surface area contributed by atoms with Crippen molar-refractivity contribution in [2.24, 2.45) is 11.8 Å². The Morgan fingerprint density at radius 3 is 2.51 bits per heavy atom. The van der Waals surface area contributed by atoms with Crippen LogP contribution in [0.25, 0.3) is 16.6 Å². The van der Waals surface area contributed by atoms with E-state index in [0.29, 0.717) is 62.9 Å². The minimum atomic E-state index is -0.00825. The largest absolute Gasteiger partial charge is 0.493 e. The lowest BCUT2D eigenvalue weighted by Gasteiger charge is -2.36. The Bertz CT molecular complexity index is 1920. The summed E-state index contributed by atoms with van der Waals surface area (Å²) in [6.07, 6.45) is 7.12. The molecule has 7 rings (SSSR count). The Morgan fingerprint density at radius 1 is 0.941 bits per heavy atom. The fraction of sp³-hybridized carbons (Fsp3) is 0.553. The van der Waals surface area contributed by atoms with Crippen molar-refractivity contribution in [3.8, 4) is 17.2 Å². The summed E-state index contributed by atoms with van der Waals surface area (Å²) in [5.41, 5.74) is 5.59. The lowest BCUT2D eigenvalue weighted by molar-refractivity contribution is -0.138. The molecule has 1 unspecified atom stereocenters. The molecule has 0 spiro atoms. The van der Waals surface area contributed by atoms with E-state index in [1.165, 1.54) is 0 Å². The number of aryl methyl sites for hydroxylation is 2. The lowest BCUT2D eigenvalue weighted by atomic mass is 9.84. The second-order valence-corrected chi connectivity index (χ2v) is 14.3. The van der Waals surface area contributed by atoms with E-state index in [9.17, 15) is 9.59 Å². The zero-order chi connectivity index (χ0) is 35.6. The minimum absolute atomic E-state index is 0.00825. The molecule has 1 N–H and O–H groups in total. The van der Waals surface area contributed by atoms with Gasteiger partial charge in [-0.1, -0.05) is 6.42 Å². The molecular weight excluding hydrogens is 648 g/mol. The van der Waals surface area contributed by atoms with Gasteiger partial charge in [-0.15, -0.1) is 0 Å². The fourth-order valence-corrected chi connectivity index (χ4v) is 7.85. The molecule has 51 heavy (non-hydrogen) atoms. The number of nitrogens with one attached hydrogen (secondary N) is 1. The standard InChI is InChI=1S/C38H50N8O5/c1-24-16-25(2)46-37(41-24)29(20-40-46)23-43-14-15-44(38(48)27-9-6-10-27)13-11-33(47)39-19-26-8-7-12-45(21-26)36-28(22-43)17-30-31(42-36)18-32(49-3)35(51-5)34(30)50-4/h16-18,20,26-27H,6-15,19,21-23H2,1-5H3,(H,39,47). The van der Waals surface area contributed by atoms with Gasteiger partial charge in [-0.25, -0.2) is 14.5 Å². The van der Waals surface area contributed by atoms with Crippen molar-refractivity contribution in [3.05, 3.63) is 46.9 Å². The van der Waals surface area contributed by atoms with Crippen molar-refractivity contribution in [2.75, 3.05) is 65.5 Å². The summed E-state index contributed by atoms with van der Waals surface area (Å²) in [7, 11) is 4.86. The van der Waals surface area contributed by atoms with Gasteiger partial charge in [-0.05, 0) is 57.6 Å². The summed E-state index contributed by atoms with van der Waals surface area (Å²) >= 11 is 0. The topological polar surface area (TPSA) is 127 Å². The first-order valence-corrected chi connectivity index (χ1v) is 18.2. The number of methoxy groups -OCH3 is 3. The first kappa shape index (κ1) is 34.8. The number of benzene rings is 1. The monoisotopic (exact) mass is 698 g/mol. The highest BCUT2D eigenvalue weighted by molar-refractivity contribution is 5.92. The van der Waals surface area contributed by atoms with E-state index in [0.717, 1.165) is 90.1 Å². The maximum absolute atomic E-state index is 13.7. The molecule has 0 radical (unpaired) electrons. The zero-order valence-corrected chi connectivity index (χ0v) is 30.5. The number of carbonyl (C=O) groups excluding carboxylic acids is 2. The molecule has 2 aliphatic heterocycles. The summed E-state index contributed by atoms with van der Waals surface area (Å²) < 4.78 is 19.3. The fourth-order valence-electron chi connectivity index (χ4n) is 7.85. The molecule has 2 fully saturated rings. The predicted octanol–water partition coefficient (Wildman–Crippen LogP) is 4.29. The number of nitrogens with zero attached hydrogens (tertiary/aromatic N) is 7. The van der Waals surface area contributed by atoms with Crippen LogP contribution in [0.3, 0.4) is 0 Å². The van der Waals surface area contributed by atoms with Crippen LogP contribution in [0.2, 0.25) is 0 Å². The van der Waals surface area contributed by atoms with Crippen molar-refractivity contribution in [3.63, 3.8) is 0 Å². The maximum atomic E-state index is 13.7. The summed E-state index contributed by atoms with van der Waals surface area (Å²) in [6, 6.07) is 6.11. The third kappa shape index (κ3) is 7.13. The van der Waals surface area contributed by atoms with Crippen LogP contribution in [0, 0.1) is 25.7 Å². The van der Waals surface area contributed by atoms with Crippen molar-refractivity contribution < 1.29 is 23.8 Å². The molecule has 13 heteroatoms. The molecule has 2 amide bonds. The first-order chi connectivity index (χ1) is 24.8. The quantitative estimate of drug-likeness (QED) is 0.312. The smallest absolute Gasteiger partial charge is 0.225 e. The van der Waals surface area contributed by atoms with Crippen molar-refractivity contribution in [1.82, 2.24) is 34.7 Å². The van der Waals surface area contributed by atoms with Gasteiger partial charge in [-0.3, -0.25) is 14.5 Å². The van der Waals surface area contributed by atoms with Crippen LogP contribution in [0.5, 0.6) is 17.2 Å². The van der Waals surface area contributed by atoms with Gasteiger partial charge in [0.05, 0.1) is 33.0 Å². The second-order valence-electron chi connectivity index (χ2n) is 14.3. The van der Waals surface area contributed by atoms with Crippen LogP contribution in [-0.4, -0.2) is 102 Å². The average Bonchev–Trinajstić information content (AvgIpc) is 3.50. The van der Waals surface area contributed by atoms with E-state index in [1.54, 1.807) is 21.3 Å². The van der Waals surface area contributed by atoms with E-state index in [4.69, 9.17) is 29.3 Å². The number of carbonyl (C=O) groups is 2. The van der Waals surface area contributed by atoms with Crippen LogP contribution in [0.4, 0.5) is 5.82 Å². The lowest BCUT2D eigenvalue weighted by Crippen LogP contribution is -2.44. The number of rotatable bonds is 6. The highest BCUT2D eigenvalue weighted by Gasteiger charge is 2.31. The third-order valence-electron chi connectivity index (χ3n) is 10.8. The van der Waals surface area contributed by atoms with E-state index in [1.807, 2.05) is 41.6 Å². The molecule has 3 aliphatic rings. The van der Waals surface area contributed by atoms with Gasteiger partial charge in [0.25, 0.3) is 0 Å². The Labute approximate surface area is 299 Å². The van der Waals surface area contributed by atoms with Crippen LogP contribution >= 0.6 is 0 Å². The predicted molar refractivity (Wildman–Crippen MR) is 194 cm³/mol. The number of pyridine rings is 1. The Balaban J connectivity index is 1.34. The van der Waals surface area contributed by atoms with Gasteiger partial charge in [-0.2, -0.15) is 5.10 Å². The van der Waals surface area contributed by atoms with Crippen molar-refractivity contribution in [2.45, 2.75) is 65.5 Å². The van der Waals surface area contributed by atoms with Crippen LogP contribution in [0.1, 0.15) is 61.0 Å². The Kier molecular flexibility index (Phi) is 10.2. The second kappa shape index (κ2) is 14.9. The highest BCUT2D eigenvalue weighted by atomic mass is 16.5. The molecular formula is C38H50N8O5. The SMILES string of the molecule is COc1cc2nc3c(cc2c(OC)c1OC)CN(Cc1cnn2c(C)cc(C)nc12)CCN(C(=O)C1CCC1)CCC(=O)NCC1CCCN3C1. The molecule has 13 nitrogen and oxygen atoms in total. The number of hydrogen-bond acceptors (Lipinski definition) is 10. The molecule has 1 saturated carbocycles. The molecule has 3 aromatic heterocycles. The molecule has 1 atom stereocenters. The van der Waals surface area contributed by atoms with Gasteiger partial charge in [0.2, 0.25) is 17.6 Å². The van der Waals surface area contributed by atoms with Gasteiger partial charge >= 0.3 is 0 Å². The number of fused-ring (bicyclic) bond motifs is 6. The Morgan fingerprint density at radius 2 is 1.76 bits per heavy atom. The van der Waals surface area contributed by atoms with Gasteiger partial charge < -0.3 is 29.3 Å². The van der Waals surface area contributed by atoms with E-state index in [2.05, 4.69) is 21.2 Å². The number of anilines is 1. The van der Waals surface area contributed by atoms with Gasteiger partial charge in [0.1, 0.15) is 5.82 Å². The molecule has 1 aromatic carbocycles. The van der Waals surface area contributed by atoms with Crippen molar-refractivity contribution in [1.29, 1.82) is 0 Å². The average molecular weight is 699 g/mol. The normalized spacial score (nSPS) is 19.5. The Hall–Kier alpha value is -4.65. The zero-order valence-electron chi connectivity index (χ0n) is 30.5. The summed E-state index contributed by atoms with van der Waals surface area (Å²) in [4.78, 5) is 43.7. The van der Waals surface area contributed by atoms with Gasteiger partial charge in [0, 0.05) is 98.7 Å². The van der Waals surface area contributed by atoms with Crippen LogP contribution in [0.15, 0.2) is 24.4 Å². The summed E-state index contributed by atoms with van der Waals surface area (Å²) in [6.45, 7) is 8.90. The summed E-state index contributed by atoms with van der Waals surface area (Å²) in [5, 5.41) is 8.71. The highest BCUT2D eigenvalue weighted by Crippen LogP contribution is 2.44. The third-order valence-corrected chi connectivity index (χ3v) is 10.8. The van der Waals surface area contributed by atoms with Crippen LogP contribution in [-0.2, 0) is 22.7 Å². The van der Waals surface area contributed by atoms with Crippen molar-refractivity contribution >= 4 is 34.2 Å². The number of amides is 2. The van der Waals surface area contributed by atoms with E-state index in [-0.39, 0.29) is 23.7 Å². The number of ether oxygens (including phenoxy) is 3. The van der Waals surface area contributed by atoms with E-state index < -0.39 is 0 Å². The maximum Gasteiger partial charge on any atom is 0.225 e. The van der Waals surface area contributed by atoms with Gasteiger partial charge in [0.15, 0.2) is 17.1 Å². The molecule has 272 valence electrons. The molecule has 1 aliphatic carbocycles. The minimum Gasteiger partial charge on any atom is -0.493 e. The number of aromatic nitrogens is 4. The van der Waals surface area contributed by atoms with Crippen LogP contribution < -0.4 is 24.4 Å². The summed E-state index contributed by atoms with van der Waals surface area (Å²) in [5.74, 6) is 3.01.